The Balaban J connectivity index is 2.61. The van der Waals surface area contributed by atoms with Crippen molar-refractivity contribution < 1.29 is 0 Å². The zero-order valence-electron chi connectivity index (χ0n) is 9.81. The highest BCUT2D eigenvalue weighted by atomic mass is 16.1. The maximum Gasteiger partial charge on any atom is 0.268 e. The Kier molecular flexibility index (Phi) is 4.72. The molecular formula is C11H18N4O. The molecule has 1 aromatic heterocycles. The Hall–Kier alpha value is -1.62. The summed E-state index contributed by atoms with van der Waals surface area (Å²) in [6.07, 6.45) is 3.47. The van der Waals surface area contributed by atoms with Gasteiger partial charge in [-0.15, -0.1) is 6.58 Å². The Morgan fingerprint density at radius 2 is 2.38 bits per heavy atom. The molecule has 5 heteroatoms. The van der Waals surface area contributed by atoms with Gasteiger partial charge < -0.3 is 10.2 Å². The van der Waals surface area contributed by atoms with Gasteiger partial charge in [0.1, 0.15) is 0 Å². The largest absolute Gasteiger partial charge is 0.376 e. The molecule has 0 aliphatic heterocycles. The first-order chi connectivity index (χ1) is 7.65. The molecule has 0 aromatic carbocycles. The number of aromatic nitrogens is 2. The Bertz CT molecular complexity index is 397. The Morgan fingerprint density at radius 1 is 1.62 bits per heavy atom. The average molecular weight is 222 g/mol. The highest BCUT2D eigenvalue weighted by molar-refractivity contribution is 5.40. The Morgan fingerprint density at radius 3 is 2.94 bits per heavy atom. The van der Waals surface area contributed by atoms with E-state index in [4.69, 9.17) is 0 Å². The third-order valence-corrected chi connectivity index (χ3v) is 2.16. The third-order valence-electron chi connectivity index (χ3n) is 2.16. The second-order valence-electron chi connectivity index (χ2n) is 3.66. The van der Waals surface area contributed by atoms with E-state index in [1.54, 1.807) is 18.3 Å². The summed E-state index contributed by atoms with van der Waals surface area (Å²) in [6.45, 7) is 5.62. The van der Waals surface area contributed by atoms with E-state index < -0.39 is 0 Å². The molecule has 88 valence electrons. The van der Waals surface area contributed by atoms with Crippen molar-refractivity contribution in [3.05, 3.63) is 35.3 Å². The summed E-state index contributed by atoms with van der Waals surface area (Å²) in [5.41, 5.74) is 0.743. The predicted octanol–water partition coefficient (Wildman–Crippen LogP) is 0.0849. The number of nitrogens with one attached hydrogen (secondary N) is 1. The van der Waals surface area contributed by atoms with Crippen molar-refractivity contribution in [2.75, 3.05) is 32.1 Å². The smallest absolute Gasteiger partial charge is 0.268 e. The zero-order valence-corrected chi connectivity index (χ0v) is 9.81. The average Bonchev–Trinajstić information content (AvgIpc) is 2.26. The van der Waals surface area contributed by atoms with E-state index in [0.717, 1.165) is 12.2 Å². The van der Waals surface area contributed by atoms with Crippen LogP contribution in [0.15, 0.2) is 29.7 Å². The normalized spacial score (nSPS) is 10.1. The fourth-order valence-electron chi connectivity index (χ4n) is 1.23. The van der Waals surface area contributed by atoms with E-state index >= 15 is 0 Å². The number of hydrogen-bond donors (Lipinski definition) is 1. The van der Waals surface area contributed by atoms with Gasteiger partial charge in [-0.2, -0.15) is 5.10 Å². The van der Waals surface area contributed by atoms with E-state index in [1.165, 1.54) is 4.68 Å². The van der Waals surface area contributed by atoms with E-state index in [1.807, 2.05) is 19.0 Å². The molecule has 1 aromatic rings. The molecule has 0 saturated heterocycles. The maximum absolute atomic E-state index is 11.6. The molecular weight excluding hydrogens is 204 g/mol. The second kappa shape index (κ2) is 6.07. The van der Waals surface area contributed by atoms with Gasteiger partial charge in [0.15, 0.2) is 0 Å². The van der Waals surface area contributed by atoms with Gasteiger partial charge in [0, 0.05) is 33.3 Å². The minimum atomic E-state index is -0.0772. The van der Waals surface area contributed by atoms with Gasteiger partial charge in [0.2, 0.25) is 0 Å². The van der Waals surface area contributed by atoms with Crippen molar-refractivity contribution in [1.29, 1.82) is 0 Å². The van der Waals surface area contributed by atoms with Crippen LogP contribution in [0.1, 0.15) is 0 Å². The van der Waals surface area contributed by atoms with E-state index in [-0.39, 0.29) is 5.56 Å². The lowest BCUT2D eigenvalue weighted by Crippen LogP contribution is -2.29. The molecule has 16 heavy (non-hydrogen) atoms. The van der Waals surface area contributed by atoms with Crippen molar-refractivity contribution >= 4 is 5.69 Å². The fraction of sp³-hybridized carbons (Fsp3) is 0.455. The molecule has 1 N–H and O–H groups in total. The van der Waals surface area contributed by atoms with Crippen molar-refractivity contribution in [2.24, 2.45) is 0 Å². The van der Waals surface area contributed by atoms with Gasteiger partial charge in [0.05, 0.1) is 18.4 Å². The van der Waals surface area contributed by atoms with Crippen LogP contribution in [-0.2, 0) is 6.54 Å². The summed E-state index contributed by atoms with van der Waals surface area (Å²) in [5, 5.41) is 7.21. The quantitative estimate of drug-likeness (QED) is 0.547. The molecule has 0 unspecified atom stereocenters. The fourth-order valence-corrected chi connectivity index (χ4v) is 1.23. The first kappa shape index (κ1) is 12.4. The summed E-state index contributed by atoms with van der Waals surface area (Å²) in [7, 11) is 3.76. The lowest BCUT2D eigenvalue weighted by Gasteiger charge is -2.12. The van der Waals surface area contributed by atoms with E-state index in [9.17, 15) is 4.79 Å². The summed E-state index contributed by atoms with van der Waals surface area (Å²) in [6, 6.07) is 1.58. The molecule has 0 saturated carbocycles. The maximum atomic E-state index is 11.6. The molecule has 0 aliphatic rings. The van der Waals surface area contributed by atoms with Crippen molar-refractivity contribution in [2.45, 2.75) is 6.54 Å². The van der Waals surface area contributed by atoms with Crippen LogP contribution in [0.25, 0.3) is 0 Å². The van der Waals surface area contributed by atoms with Crippen LogP contribution < -0.4 is 15.8 Å². The van der Waals surface area contributed by atoms with Gasteiger partial charge >= 0.3 is 0 Å². The van der Waals surface area contributed by atoms with Crippen LogP contribution in [0, 0.1) is 0 Å². The van der Waals surface area contributed by atoms with Gasteiger partial charge in [0.25, 0.3) is 5.56 Å². The molecule has 0 bridgehead atoms. The standard InChI is InChI=1S/C11H18N4O/c1-4-5-12-6-7-15-11(16)8-10(9-13-15)14(2)3/h4,8-9,12H,1,5-7H2,2-3H3. The van der Waals surface area contributed by atoms with Crippen LogP contribution in [-0.4, -0.2) is 37.0 Å². The van der Waals surface area contributed by atoms with Crippen LogP contribution in [0.3, 0.4) is 0 Å². The molecule has 0 amide bonds. The zero-order chi connectivity index (χ0) is 12.0. The molecule has 0 radical (unpaired) electrons. The minimum Gasteiger partial charge on any atom is -0.376 e. The van der Waals surface area contributed by atoms with Gasteiger partial charge in [-0.25, -0.2) is 4.68 Å². The molecule has 0 aliphatic carbocycles. The molecule has 0 atom stereocenters. The molecule has 1 rings (SSSR count). The summed E-state index contributed by atoms with van der Waals surface area (Å²) >= 11 is 0. The van der Waals surface area contributed by atoms with Crippen molar-refractivity contribution in [3.63, 3.8) is 0 Å². The van der Waals surface area contributed by atoms with Crippen LogP contribution in [0.2, 0.25) is 0 Å². The van der Waals surface area contributed by atoms with Crippen LogP contribution in [0.4, 0.5) is 5.69 Å². The second-order valence-corrected chi connectivity index (χ2v) is 3.66. The monoisotopic (exact) mass is 222 g/mol. The Labute approximate surface area is 95.4 Å². The van der Waals surface area contributed by atoms with Gasteiger partial charge in [-0.1, -0.05) is 6.08 Å². The SMILES string of the molecule is C=CCNCCn1ncc(N(C)C)cc1=O. The summed E-state index contributed by atoms with van der Waals surface area (Å²) in [5.74, 6) is 0. The summed E-state index contributed by atoms with van der Waals surface area (Å²) < 4.78 is 1.45. The highest BCUT2D eigenvalue weighted by Crippen LogP contribution is 2.02. The lowest BCUT2D eigenvalue weighted by molar-refractivity contribution is 0.546. The first-order valence-electron chi connectivity index (χ1n) is 5.21. The van der Waals surface area contributed by atoms with Crippen LogP contribution in [0.5, 0.6) is 0 Å². The minimum absolute atomic E-state index is 0.0772. The molecule has 0 fully saturated rings. The molecule has 1 heterocycles. The number of rotatable bonds is 6. The molecule has 0 spiro atoms. The van der Waals surface area contributed by atoms with E-state index in [0.29, 0.717) is 13.1 Å². The molecule has 5 nitrogen and oxygen atoms in total. The lowest BCUT2D eigenvalue weighted by atomic mass is 10.4. The van der Waals surface area contributed by atoms with Crippen molar-refractivity contribution in [1.82, 2.24) is 15.1 Å². The van der Waals surface area contributed by atoms with Gasteiger partial charge in [-0.05, 0) is 0 Å². The first-order valence-corrected chi connectivity index (χ1v) is 5.21. The van der Waals surface area contributed by atoms with E-state index in [2.05, 4.69) is 17.0 Å². The van der Waals surface area contributed by atoms with Crippen LogP contribution >= 0.6 is 0 Å². The number of anilines is 1. The number of hydrogen-bond acceptors (Lipinski definition) is 4. The predicted molar refractivity (Wildman–Crippen MR) is 65.9 cm³/mol. The summed E-state index contributed by atoms with van der Waals surface area (Å²) in [4.78, 5) is 13.5. The van der Waals surface area contributed by atoms with Gasteiger partial charge in [-0.3, -0.25) is 4.79 Å². The topological polar surface area (TPSA) is 50.2 Å². The third kappa shape index (κ3) is 3.51. The highest BCUT2D eigenvalue weighted by Gasteiger charge is 2.00. The van der Waals surface area contributed by atoms with Crippen molar-refractivity contribution in [3.8, 4) is 0 Å². The number of nitrogens with zero attached hydrogens (tertiary/aromatic N) is 3.